The number of nitrogens with zero attached hydrogens (tertiary/aromatic N) is 3. The molecule has 1 aromatic heterocycles. The van der Waals surface area contributed by atoms with Gasteiger partial charge in [-0.1, -0.05) is 26.0 Å². The number of carbonyl (C=O) groups excluding carboxylic acids is 3. The van der Waals surface area contributed by atoms with Crippen LogP contribution in [0.5, 0.6) is 0 Å². The Labute approximate surface area is 212 Å². The molecule has 2 aliphatic rings. The number of para-hydroxylation sites is 1. The highest BCUT2D eigenvalue weighted by Gasteiger charge is 2.32. The van der Waals surface area contributed by atoms with E-state index in [4.69, 9.17) is 9.72 Å². The van der Waals surface area contributed by atoms with Gasteiger partial charge in [0.05, 0.1) is 36.7 Å². The molecule has 0 radical (unpaired) electrons. The Bertz CT molecular complexity index is 1080. The first kappa shape index (κ1) is 26.1. The number of rotatable bonds is 8. The molecule has 0 bridgehead atoms. The van der Waals surface area contributed by atoms with Crippen LogP contribution >= 0.6 is 0 Å². The smallest absolute Gasteiger partial charge is 0.318 e. The molecule has 2 fully saturated rings. The van der Waals surface area contributed by atoms with Crippen LogP contribution in [0, 0.1) is 6.92 Å². The molecule has 1 aromatic carbocycles. The number of ether oxygens (including phenoxy) is 1. The fourth-order valence-corrected chi connectivity index (χ4v) is 5.27. The fraction of sp³-hybridized carbons (Fsp3) is 0.630. The number of H-pyrrole nitrogens is 1. The van der Waals surface area contributed by atoms with Gasteiger partial charge in [-0.05, 0) is 44.2 Å². The fourth-order valence-electron chi connectivity index (χ4n) is 5.27. The highest BCUT2D eigenvalue weighted by atomic mass is 16.5. The van der Waals surface area contributed by atoms with E-state index in [0.717, 1.165) is 48.1 Å². The van der Waals surface area contributed by atoms with Gasteiger partial charge in [0, 0.05) is 38.0 Å². The van der Waals surface area contributed by atoms with Gasteiger partial charge in [-0.25, -0.2) is 9.78 Å². The predicted octanol–water partition coefficient (Wildman–Crippen LogP) is 3.53. The Morgan fingerprint density at radius 1 is 1.17 bits per heavy atom. The number of imidazole rings is 1. The quantitative estimate of drug-likeness (QED) is 0.580. The third kappa shape index (κ3) is 6.06. The summed E-state index contributed by atoms with van der Waals surface area (Å²) in [5, 5.41) is 2.89. The number of urea groups is 1. The number of benzene rings is 1. The van der Waals surface area contributed by atoms with E-state index in [1.165, 1.54) is 0 Å². The molecule has 2 N–H and O–H groups in total. The number of aromatic nitrogens is 2. The number of hydrogen-bond acceptors (Lipinski definition) is 5. The zero-order valence-corrected chi connectivity index (χ0v) is 21.7. The summed E-state index contributed by atoms with van der Waals surface area (Å²) in [6.07, 6.45) is 4.14. The summed E-state index contributed by atoms with van der Waals surface area (Å²) in [6, 6.07) is 4.97. The van der Waals surface area contributed by atoms with Crippen molar-refractivity contribution in [1.82, 2.24) is 25.1 Å². The second-order valence-corrected chi connectivity index (χ2v) is 10.1. The van der Waals surface area contributed by atoms with E-state index in [1.54, 1.807) is 4.90 Å². The van der Waals surface area contributed by atoms with Gasteiger partial charge < -0.3 is 24.8 Å². The van der Waals surface area contributed by atoms with E-state index in [1.807, 2.05) is 36.9 Å². The molecule has 9 nitrogen and oxygen atoms in total. The van der Waals surface area contributed by atoms with Gasteiger partial charge in [0.1, 0.15) is 5.82 Å². The van der Waals surface area contributed by atoms with Gasteiger partial charge in [-0.3, -0.25) is 9.59 Å². The first-order valence-corrected chi connectivity index (χ1v) is 13.3. The number of ketones is 1. The molecule has 0 aliphatic carbocycles. The van der Waals surface area contributed by atoms with Crippen LogP contribution < -0.4 is 5.32 Å². The maximum Gasteiger partial charge on any atom is 0.318 e. The van der Waals surface area contributed by atoms with Crippen LogP contribution in [-0.2, 0) is 14.3 Å². The zero-order chi connectivity index (χ0) is 25.7. The van der Waals surface area contributed by atoms with Crippen molar-refractivity contribution in [2.24, 2.45) is 0 Å². The first-order chi connectivity index (χ1) is 17.4. The predicted molar refractivity (Wildman–Crippen MR) is 138 cm³/mol. The van der Waals surface area contributed by atoms with Crippen molar-refractivity contribution < 1.29 is 19.1 Å². The first-order valence-electron chi connectivity index (χ1n) is 13.3. The number of aryl methyl sites for hydroxylation is 1. The van der Waals surface area contributed by atoms with Gasteiger partial charge in [0.25, 0.3) is 0 Å². The molecule has 3 amide bonds. The normalized spacial score (nSPS) is 20.2. The van der Waals surface area contributed by atoms with Crippen molar-refractivity contribution in [3.63, 3.8) is 0 Å². The summed E-state index contributed by atoms with van der Waals surface area (Å²) in [6.45, 7) is 8.65. The topological polar surface area (TPSA) is 108 Å². The Morgan fingerprint density at radius 2 is 1.94 bits per heavy atom. The minimum Gasteiger partial charge on any atom is -0.378 e. The molecule has 2 aromatic rings. The molecule has 3 atom stereocenters. The molecular weight excluding hydrogens is 458 g/mol. The molecule has 9 heteroatoms. The van der Waals surface area contributed by atoms with Gasteiger partial charge in [-0.2, -0.15) is 0 Å². The summed E-state index contributed by atoms with van der Waals surface area (Å²) in [4.78, 5) is 51.4. The molecule has 0 spiro atoms. The molecule has 36 heavy (non-hydrogen) atoms. The summed E-state index contributed by atoms with van der Waals surface area (Å²) >= 11 is 0. The van der Waals surface area contributed by atoms with Crippen LogP contribution in [-0.4, -0.2) is 82.4 Å². The number of Topliss-reactive ketones (excluding diaryl/α,β-unsaturated/α-hetero) is 1. The number of hydrogen-bond donors (Lipinski definition) is 2. The Morgan fingerprint density at radius 3 is 2.67 bits per heavy atom. The van der Waals surface area contributed by atoms with Gasteiger partial charge >= 0.3 is 6.03 Å². The Hall–Kier alpha value is -2.94. The minimum atomic E-state index is -0.874. The van der Waals surface area contributed by atoms with Crippen molar-refractivity contribution >= 4 is 28.8 Å². The molecular formula is C27H39N5O4. The average Bonchev–Trinajstić information content (AvgIpc) is 3.34. The molecule has 0 saturated carbocycles. The van der Waals surface area contributed by atoms with E-state index in [0.29, 0.717) is 32.8 Å². The molecule has 0 unspecified atom stereocenters. The Balaban J connectivity index is 1.48. The van der Waals surface area contributed by atoms with Crippen LogP contribution in [0.3, 0.4) is 0 Å². The SMILES string of the molecule is CC[C@H]1CCCCN1C(=O)C[C@H](NC(=O)N1CCOCC1)C(=O)C[C@@H](C)c1nc2c(C)cccc2[nH]1. The highest BCUT2D eigenvalue weighted by molar-refractivity contribution is 5.93. The largest absolute Gasteiger partial charge is 0.378 e. The van der Waals surface area contributed by atoms with E-state index in [2.05, 4.69) is 17.2 Å². The van der Waals surface area contributed by atoms with Crippen LogP contribution in [0.4, 0.5) is 4.79 Å². The second-order valence-electron chi connectivity index (χ2n) is 10.1. The van der Waals surface area contributed by atoms with Crippen LogP contribution in [0.25, 0.3) is 11.0 Å². The van der Waals surface area contributed by atoms with Crippen molar-refractivity contribution in [3.05, 3.63) is 29.6 Å². The van der Waals surface area contributed by atoms with E-state index < -0.39 is 6.04 Å². The molecule has 3 heterocycles. The summed E-state index contributed by atoms with van der Waals surface area (Å²) in [7, 11) is 0. The number of likely N-dealkylation sites (tertiary alicyclic amines) is 1. The number of amides is 3. The molecule has 2 saturated heterocycles. The molecule has 4 rings (SSSR count). The van der Waals surface area contributed by atoms with E-state index >= 15 is 0 Å². The van der Waals surface area contributed by atoms with Crippen LogP contribution in [0.1, 0.15) is 69.7 Å². The lowest BCUT2D eigenvalue weighted by Crippen LogP contribution is -2.53. The van der Waals surface area contributed by atoms with Crippen molar-refractivity contribution in [2.45, 2.75) is 77.3 Å². The molecule has 196 valence electrons. The zero-order valence-electron chi connectivity index (χ0n) is 21.7. The van der Waals surface area contributed by atoms with Gasteiger partial charge in [-0.15, -0.1) is 0 Å². The second kappa shape index (κ2) is 11.9. The maximum atomic E-state index is 13.5. The number of morpholine rings is 1. The lowest BCUT2D eigenvalue weighted by Gasteiger charge is -2.36. The summed E-state index contributed by atoms with van der Waals surface area (Å²) in [5.74, 6) is 0.341. The van der Waals surface area contributed by atoms with Crippen LogP contribution in [0.15, 0.2) is 18.2 Å². The lowest BCUT2D eigenvalue weighted by molar-refractivity contribution is -0.137. The van der Waals surface area contributed by atoms with Gasteiger partial charge in [0.15, 0.2) is 5.78 Å². The minimum absolute atomic E-state index is 0.0165. The standard InChI is InChI=1S/C27H39N5O4/c1-4-20-9-5-6-11-32(20)24(34)17-22(29-27(35)31-12-14-36-15-13-31)23(33)16-19(3)26-28-21-10-7-8-18(2)25(21)30-26/h7-8,10,19-20,22H,4-6,9,11-17H2,1-3H3,(H,28,30)(H,29,35)/t19-,20+,22+/m1/s1. The number of fused-ring (bicyclic) bond motifs is 1. The molecule has 2 aliphatic heterocycles. The third-order valence-electron chi connectivity index (χ3n) is 7.49. The van der Waals surface area contributed by atoms with Crippen molar-refractivity contribution in [2.75, 3.05) is 32.8 Å². The van der Waals surface area contributed by atoms with Crippen molar-refractivity contribution in [3.8, 4) is 0 Å². The van der Waals surface area contributed by atoms with Crippen molar-refractivity contribution in [1.29, 1.82) is 0 Å². The maximum absolute atomic E-state index is 13.5. The number of carbonyl (C=O) groups is 3. The Kier molecular flexibility index (Phi) is 8.61. The number of nitrogens with one attached hydrogen (secondary N) is 2. The lowest BCUT2D eigenvalue weighted by atomic mass is 9.95. The van der Waals surface area contributed by atoms with Crippen LogP contribution in [0.2, 0.25) is 0 Å². The number of piperidine rings is 1. The third-order valence-corrected chi connectivity index (χ3v) is 7.49. The summed E-state index contributed by atoms with van der Waals surface area (Å²) < 4.78 is 5.35. The van der Waals surface area contributed by atoms with Gasteiger partial charge in [0.2, 0.25) is 5.91 Å². The number of aromatic amines is 1. The van der Waals surface area contributed by atoms with E-state index in [9.17, 15) is 14.4 Å². The summed E-state index contributed by atoms with van der Waals surface area (Å²) in [5.41, 5.74) is 2.91. The van der Waals surface area contributed by atoms with E-state index in [-0.39, 0.29) is 42.5 Å². The highest BCUT2D eigenvalue weighted by Crippen LogP contribution is 2.24. The monoisotopic (exact) mass is 497 g/mol. The average molecular weight is 498 g/mol.